The van der Waals surface area contributed by atoms with E-state index in [-0.39, 0.29) is 0 Å². The van der Waals surface area contributed by atoms with E-state index in [1.807, 2.05) is 12.3 Å². The highest BCUT2D eigenvalue weighted by molar-refractivity contribution is 5.93. The normalized spacial score (nSPS) is 25.1. The van der Waals surface area contributed by atoms with Gasteiger partial charge >= 0.3 is 0 Å². The van der Waals surface area contributed by atoms with E-state index in [2.05, 4.69) is 33.4 Å². The van der Waals surface area contributed by atoms with Crippen molar-refractivity contribution in [3.05, 3.63) is 30.5 Å². The van der Waals surface area contributed by atoms with E-state index in [1.54, 1.807) is 7.11 Å². The highest BCUT2D eigenvalue weighted by Crippen LogP contribution is 2.33. The SMILES string of the molecule is COc1ccc2ccnc(N3C[C@H]4CC[C@@H]3CN4)c2c1. The molecule has 4 nitrogen and oxygen atoms in total. The third kappa shape index (κ3) is 1.83. The van der Waals surface area contributed by atoms with Gasteiger partial charge in [-0.25, -0.2) is 4.98 Å². The van der Waals surface area contributed by atoms with Gasteiger partial charge in [0.2, 0.25) is 0 Å². The van der Waals surface area contributed by atoms with E-state index >= 15 is 0 Å². The molecule has 2 bridgehead atoms. The standard InChI is InChI=1S/C16H19N3O/c1-20-14-5-2-11-6-7-17-16(15(11)8-14)19-10-12-3-4-13(19)9-18-12/h2,5-8,12-13,18H,3-4,9-10H2,1H3/t12-,13-/m1/s1. The van der Waals surface area contributed by atoms with Crippen molar-refractivity contribution in [3.8, 4) is 5.75 Å². The number of piperazine rings is 1. The molecule has 104 valence electrons. The van der Waals surface area contributed by atoms with Gasteiger partial charge in [-0.2, -0.15) is 0 Å². The van der Waals surface area contributed by atoms with Crippen LogP contribution in [-0.4, -0.2) is 37.3 Å². The van der Waals surface area contributed by atoms with Crippen LogP contribution in [0.2, 0.25) is 0 Å². The molecule has 4 heterocycles. The van der Waals surface area contributed by atoms with E-state index in [0.29, 0.717) is 12.1 Å². The summed E-state index contributed by atoms with van der Waals surface area (Å²) in [7, 11) is 1.71. The first-order chi connectivity index (χ1) is 9.85. The molecule has 5 rings (SSSR count). The van der Waals surface area contributed by atoms with Crippen molar-refractivity contribution >= 4 is 16.6 Å². The predicted octanol–water partition coefficient (Wildman–Crippen LogP) is 2.18. The number of fused-ring (bicyclic) bond motifs is 4. The number of nitrogens with zero attached hydrogens (tertiary/aromatic N) is 2. The van der Waals surface area contributed by atoms with Crippen molar-refractivity contribution in [2.45, 2.75) is 24.9 Å². The molecule has 20 heavy (non-hydrogen) atoms. The molecule has 0 unspecified atom stereocenters. The first kappa shape index (κ1) is 12.0. The van der Waals surface area contributed by atoms with Gasteiger partial charge in [0.05, 0.1) is 7.11 Å². The number of aromatic nitrogens is 1. The largest absolute Gasteiger partial charge is 0.497 e. The fourth-order valence-electron chi connectivity index (χ4n) is 3.46. The summed E-state index contributed by atoms with van der Waals surface area (Å²) in [5, 5.41) is 6.02. The fraction of sp³-hybridized carbons (Fsp3) is 0.438. The van der Waals surface area contributed by atoms with Gasteiger partial charge in [-0.1, -0.05) is 6.07 Å². The van der Waals surface area contributed by atoms with Crippen LogP contribution in [0.25, 0.3) is 10.8 Å². The van der Waals surface area contributed by atoms with Gasteiger partial charge in [-0.05, 0) is 36.4 Å². The maximum atomic E-state index is 5.37. The molecule has 0 aliphatic carbocycles. The molecule has 1 aromatic carbocycles. The molecule has 0 radical (unpaired) electrons. The lowest BCUT2D eigenvalue weighted by Gasteiger charge is -2.46. The number of piperidine rings is 2. The number of rotatable bonds is 2. The van der Waals surface area contributed by atoms with Crippen molar-refractivity contribution < 1.29 is 4.74 Å². The Hall–Kier alpha value is -1.81. The Balaban J connectivity index is 1.82. The van der Waals surface area contributed by atoms with E-state index in [1.165, 1.54) is 23.6 Å². The summed E-state index contributed by atoms with van der Waals surface area (Å²) >= 11 is 0. The number of pyridine rings is 1. The minimum Gasteiger partial charge on any atom is -0.497 e. The predicted molar refractivity (Wildman–Crippen MR) is 80.5 cm³/mol. The van der Waals surface area contributed by atoms with Gasteiger partial charge in [0.1, 0.15) is 11.6 Å². The van der Waals surface area contributed by atoms with Crippen LogP contribution in [0.15, 0.2) is 30.5 Å². The minimum atomic E-state index is 0.573. The Morgan fingerprint density at radius 3 is 2.95 bits per heavy atom. The first-order valence-corrected chi connectivity index (χ1v) is 7.28. The number of anilines is 1. The van der Waals surface area contributed by atoms with E-state index in [9.17, 15) is 0 Å². The van der Waals surface area contributed by atoms with E-state index in [0.717, 1.165) is 24.7 Å². The summed E-state index contributed by atoms with van der Waals surface area (Å²) in [4.78, 5) is 7.15. The monoisotopic (exact) mass is 269 g/mol. The third-order valence-corrected chi connectivity index (χ3v) is 4.57. The van der Waals surface area contributed by atoms with Gasteiger partial charge in [0.25, 0.3) is 0 Å². The lowest BCUT2D eigenvalue weighted by Crippen LogP contribution is -2.61. The maximum absolute atomic E-state index is 5.37. The number of hydrogen-bond donors (Lipinski definition) is 1. The van der Waals surface area contributed by atoms with Crippen LogP contribution in [-0.2, 0) is 0 Å². The van der Waals surface area contributed by atoms with Crippen LogP contribution in [0.4, 0.5) is 5.82 Å². The van der Waals surface area contributed by atoms with Crippen LogP contribution in [0.3, 0.4) is 0 Å². The second-order valence-corrected chi connectivity index (χ2v) is 5.71. The van der Waals surface area contributed by atoms with Gasteiger partial charge in [-0.15, -0.1) is 0 Å². The van der Waals surface area contributed by atoms with Gasteiger partial charge < -0.3 is 15.0 Å². The lowest BCUT2D eigenvalue weighted by atomic mass is 9.92. The molecular formula is C16H19N3O. The molecule has 2 atom stereocenters. The average Bonchev–Trinajstić information content (AvgIpc) is 2.54. The highest BCUT2D eigenvalue weighted by atomic mass is 16.5. The zero-order valence-electron chi connectivity index (χ0n) is 11.7. The summed E-state index contributed by atoms with van der Waals surface area (Å²) in [5.74, 6) is 2.00. The summed E-state index contributed by atoms with van der Waals surface area (Å²) in [6.45, 7) is 2.14. The molecule has 0 amide bonds. The lowest BCUT2D eigenvalue weighted by molar-refractivity contribution is 0.289. The Morgan fingerprint density at radius 1 is 1.30 bits per heavy atom. The summed E-state index contributed by atoms with van der Waals surface area (Å²) < 4.78 is 5.37. The number of methoxy groups -OCH3 is 1. The van der Waals surface area contributed by atoms with Crippen LogP contribution >= 0.6 is 0 Å². The second-order valence-electron chi connectivity index (χ2n) is 5.71. The number of ether oxygens (including phenoxy) is 1. The summed E-state index contributed by atoms with van der Waals surface area (Å²) in [5.41, 5.74) is 0. The Labute approximate surface area is 118 Å². The maximum Gasteiger partial charge on any atom is 0.136 e. The van der Waals surface area contributed by atoms with Crippen molar-refractivity contribution in [3.63, 3.8) is 0 Å². The molecule has 3 saturated heterocycles. The topological polar surface area (TPSA) is 37.4 Å². The zero-order chi connectivity index (χ0) is 13.5. The Bertz CT molecular complexity index is 635. The number of hydrogen-bond acceptors (Lipinski definition) is 4. The Morgan fingerprint density at radius 2 is 2.25 bits per heavy atom. The highest BCUT2D eigenvalue weighted by Gasteiger charge is 2.34. The van der Waals surface area contributed by atoms with Crippen LogP contribution in [0.5, 0.6) is 5.75 Å². The van der Waals surface area contributed by atoms with Gasteiger partial charge in [0, 0.05) is 36.8 Å². The Kier molecular flexibility index (Phi) is 2.77. The van der Waals surface area contributed by atoms with Crippen molar-refractivity contribution in [1.29, 1.82) is 0 Å². The van der Waals surface area contributed by atoms with E-state index in [4.69, 9.17) is 4.74 Å². The minimum absolute atomic E-state index is 0.573. The second kappa shape index (κ2) is 4.63. The molecule has 3 aliphatic rings. The molecule has 0 saturated carbocycles. The first-order valence-electron chi connectivity index (χ1n) is 7.28. The zero-order valence-corrected chi connectivity index (χ0v) is 11.7. The van der Waals surface area contributed by atoms with Gasteiger partial charge in [-0.3, -0.25) is 0 Å². The average molecular weight is 269 g/mol. The molecular weight excluding hydrogens is 250 g/mol. The van der Waals surface area contributed by atoms with Crippen molar-refractivity contribution in [1.82, 2.24) is 10.3 Å². The fourth-order valence-corrected chi connectivity index (χ4v) is 3.46. The van der Waals surface area contributed by atoms with Crippen molar-refractivity contribution in [2.24, 2.45) is 0 Å². The quantitative estimate of drug-likeness (QED) is 0.907. The molecule has 3 aliphatic heterocycles. The third-order valence-electron chi connectivity index (χ3n) is 4.57. The molecule has 1 aromatic heterocycles. The van der Waals surface area contributed by atoms with Crippen LogP contribution in [0, 0.1) is 0 Å². The molecule has 4 heteroatoms. The van der Waals surface area contributed by atoms with Crippen molar-refractivity contribution in [2.75, 3.05) is 25.1 Å². The molecule has 0 spiro atoms. The molecule has 1 N–H and O–H groups in total. The number of nitrogens with one attached hydrogen (secondary N) is 1. The van der Waals surface area contributed by atoms with Crippen LogP contribution in [0.1, 0.15) is 12.8 Å². The number of benzene rings is 1. The smallest absolute Gasteiger partial charge is 0.136 e. The van der Waals surface area contributed by atoms with E-state index < -0.39 is 0 Å². The van der Waals surface area contributed by atoms with Crippen LogP contribution < -0.4 is 15.0 Å². The molecule has 3 fully saturated rings. The summed E-state index contributed by atoms with van der Waals surface area (Å²) in [6, 6.07) is 9.48. The molecule has 2 aromatic rings. The summed E-state index contributed by atoms with van der Waals surface area (Å²) in [6.07, 6.45) is 4.47. The van der Waals surface area contributed by atoms with Gasteiger partial charge in [0.15, 0.2) is 0 Å².